The number of carbonyl (C=O) groups is 1. The third kappa shape index (κ3) is 1.58. The average Bonchev–Trinajstić information content (AvgIpc) is 2.40. The minimum absolute atomic E-state index is 0.486. The van der Waals surface area contributed by atoms with Gasteiger partial charge in [-0.2, -0.15) is 0 Å². The van der Waals surface area contributed by atoms with E-state index in [0.29, 0.717) is 12.1 Å². The highest BCUT2D eigenvalue weighted by Gasteiger charge is 2.19. The largest absolute Gasteiger partial charge is 0.481 e. The van der Waals surface area contributed by atoms with Gasteiger partial charge in [0.25, 0.3) is 0 Å². The fraction of sp³-hybridized carbons (Fsp3) is 0.429. The molecule has 1 atom stereocenters. The highest BCUT2D eigenvalue weighted by Crippen LogP contribution is 2.16. The Morgan fingerprint density at radius 2 is 2.64 bits per heavy atom. The first-order chi connectivity index (χ1) is 5.25. The molecule has 0 amide bonds. The Kier molecular flexibility index (Phi) is 2.25. The van der Waals surface area contributed by atoms with E-state index in [-0.39, 0.29) is 0 Å². The molecule has 4 heteroatoms. The Bertz CT molecular complexity index is 230. The van der Waals surface area contributed by atoms with Crippen molar-refractivity contribution in [2.75, 3.05) is 0 Å². The second-order valence-electron chi connectivity index (χ2n) is 2.22. The van der Waals surface area contributed by atoms with Crippen LogP contribution in [-0.2, 0) is 4.79 Å². The van der Waals surface area contributed by atoms with Crippen molar-refractivity contribution in [1.82, 2.24) is 5.16 Å². The molecule has 11 heavy (non-hydrogen) atoms. The molecule has 0 radical (unpaired) electrons. The number of carboxylic acids is 1. The van der Waals surface area contributed by atoms with E-state index in [0.717, 1.165) is 0 Å². The summed E-state index contributed by atoms with van der Waals surface area (Å²) in [6.45, 7) is 1.80. The van der Waals surface area contributed by atoms with Crippen molar-refractivity contribution in [3.63, 3.8) is 0 Å². The molecule has 4 nitrogen and oxygen atoms in total. The van der Waals surface area contributed by atoms with Gasteiger partial charge in [-0.15, -0.1) is 0 Å². The molecule has 60 valence electrons. The summed E-state index contributed by atoms with van der Waals surface area (Å²) < 4.78 is 4.53. The Hall–Kier alpha value is -1.32. The molecule has 0 bridgehead atoms. The normalized spacial score (nSPS) is 12.8. The monoisotopic (exact) mass is 155 g/mol. The second-order valence-corrected chi connectivity index (χ2v) is 2.22. The quantitative estimate of drug-likeness (QED) is 0.713. The van der Waals surface area contributed by atoms with Crippen molar-refractivity contribution in [3.05, 3.63) is 18.0 Å². The number of aliphatic carboxylic acids is 1. The van der Waals surface area contributed by atoms with E-state index in [4.69, 9.17) is 5.11 Å². The van der Waals surface area contributed by atoms with Gasteiger partial charge in [-0.25, -0.2) is 0 Å². The van der Waals surface area contributed by atoms with Crippen LogP contribution in [-0.4, -0.2) is 16.2 Å². The van der Waals surface area contributed by atoms with E-state index in [1.807, 2.05) is 0 Å². The van der Waals surface area contributed by atoms with Gasteiger partial charge < -0.3 is 9.63 Å². The SMILES string of the molecule is CCC(C(=O)O)c1ccon1. The molecule has 0 aliphatic rings. The summed E-state index contributed by atoms with van der Waals surface area (Å²) in [7, 11) is 0. The van der Waals surface area contributed by atoms with E-state index < -0.39 is 11.9 Å². The van der Waals surface area contributed by atoms with E-state index >= 15 is 0 Å². The number of hydrogen-bond acceptors (Lipinski definition) is 3. The van der Waals surface area contributed by atoms with Gasteiger partial charge in [-0.05, 0) is 6.42 Å². The van der Waals surface area contributed by atoms with Gasteiger partial charge in [0, 0.05) is 6.07 Å². The van der Waals surface area contributed by atoms with Crippen LogP contribution >= 0.6 is 0 Å². The maximum Gasteiger partial charge on any atom is 0.312 e. The molecule has 0 spiro atoms. The minimum atomic E-state index is -0.860. The number of rotatable bonds is 3. The predicted octanol–water partition coefficient (Wildman–Crippen LogP) is 1.25. The zero-order chi connectivity index (χ0) is 8.27. The highest BCUT2D eigenvalue weighted by molar-refractivity contribution is 5.75. The molecule has 0 saturated carbocycles. The smallest absolute Gasteiger partial charge is 0.312 e. The first-order valence-corrected chi connectivity index (χ1v) is 3.38. The van der Waals surface area contributed by atoms with Crippen molar-refractivity contribution in [1.29, 1.82) is 0 Å². The van der Waals surface area contributed by atoms with Crippen LogP contribution in [0.25, 0.3) is 0 Å². The lowest BCUT2D eigenvalue weighted by molar-refractivity contribution is -0.139. The van der Waals surface area contributed by atoms with Gasteiger partial charge in [0.2, 0.25) is 0 Å². The van der Waals surface area contributed by atoms with Gasteiger partial charge in [-0.1, -0.05) is 12.1 Å². The van der Waals surface area contributed by atoms with Crippen LogP contribution in [0.5, 0.6) is 0 Å². The molecule has 0 saturated heterocycles. The molecule has 1 aromatic heterocycles. The van der Waals surface area contributed by atoms with Crippen molar-refractivity contribution in [2.45, 2.75) is 19.3 Å². The van der Waals surface area contributed by atoms with Crippen molar-refractivity contribution >= 4 is 5.97 Å². The summed E-state index contributed by atoms with van der Waals surface area (Å²) in [6.07, 6.45) is 1.91. The number of nitrogens with zero attached hydrogens (tertiary/aromatic N) is 1. The maximum absolute atomic E-state index is 10.5. The van der Waals surface area contributed by atoms with E-state index in [2.05, 4.69) is 9.68 Å². The lowest BCUT2D eigenvalue weighted by Gasteiger charge is -2.02. The van der Waals surface area contributed by atoms with Crippen molar-refractivity contribution < 1.29 is 14.4 Å². The van der Waals surface area contributed by atoms with Crippen molar-refractivity contribution in [2.24, 2.45) is 0 Å². The molecule has 1 heterocycles. The Morgan fingerprint density at radius 1 is 1.91 bits per heavy atom. The molecule has 0 fully saturated rings. The molecule has 1 rings (SSSR count). The van der Waals surface area contributed by atoms with Crippen LogP contribution < -0.4 is 0 Å². The first kappa shape index (κ1) is 7.78. The van der Waals surface area contributed by atoms with E-state index in [9.17, 15) is 4.79 Å². The van der Waals surface area contributed by atoms with Gasteiger partial charge in [-0.3, -0.25) is 4.79 Å². The summed E-state index contributed by atoms with van der Waals surface area (Å²) in [6, 6.07) is 1.57. The number of hydrogen-bond donors (Lipinski definition) is 1. The molecular formula is C7H9NO3. The summed E-state index contributed by atoms with van der Waals surface area (Å²) in [5, 5.41) is 12.2. The average molecular weight is 155 g/mol. The van der Waals surface area contributed by atoms with Crippen molar-refractivity contribution in [3.8, 4) is 0 Å². The Morgan fingerprint density at radius 3 is 3.00 bits per heavy atom. The molecule has 1 unspecified atom stereocenters. The van der Waals surface area contributed by atoms with Crippen LogP contribution in [0.1, 0.15) is 25.0 Å². The number of aromatic nitrogens is 1. The van der Waals surface area contributed by atoms with Crippen LogP contribution in [0.3, 0.4) is 0 Å². The fourth-order valence-corrected chi connectivity index (χ4v) is 0.912. The first-order valence-electron chi connectivity index (χ1n) is 3.38. The Labute approximate surface area is 63.8 Å². The summed E-state index contributed by atoms with van der Waals surface area (Å²) in [4.78, 5) is 10.5. The van der Waals surface area contributed by atoms with E-state index in [1.165, 1.54) is 6.26 Å². The third-order valence-corrected chi connectivity index (χ3v) is 1.52. The molecule has 0 aliphatic carbocycles. The fourth-order valence-electron chi connectivity index (χ4n) is 0.912. The minimum Gasteiger partial charge on any atom is -0.481 e. The molecule has 0 aliphatic heterocycles. The van der Waals surface area contributed by atoms with Crippen LogP contribution in [0.15, 0.2) is 16.9 Å². The molecule has 1 aromatic rings. The van der Waals surface area contributed by atoms with E-state index in [1.54, 1.807) is 13.0 Å². The summed E-state index contributed by atoms with van der Waals surface area (Å²) >= 11 is 0. The van der Waals surface area contributed by atoms with Crippen LogP contribution in [0, 0.1) is 0 Å². The predicted molar refractivity (Wildman–Crippen MR) is 37.2 cm³/mol. The summed E-state index contributed by atoms with van der Waals surface area (Å²) in [5.74, 6) is -1.39. The van der Waals surface area contributed by atoms with Crippen LogP contribution in [0.4, 0.5) is 0 Å². The van der Waals surface area contributed by atoms with Gasteiger partial charge >= 0.3 is 5.97 Å². The molecular weight excluding hydrogens is 146 g/mol. The lowest BCUT2D eigenvalue weighted by Crippen LogP contribution is -2.10. The maximum atomic E-state index is 10.5. The second kappa shape index (κ2) is 3.18. The van der Waals surface area contributed by atoms with Gasteiger partial charge in [0.1, 0.15) is 12.2 Å². The topological polar surface area (TPSA) is 63.3 Å². The third-order valence-electron chi connectivity index (χ3n) is 1.52. The van der Waals surface area contributed by atoms with Crippen LogP contribution in [0.2, 0.25) is 0 Å². The molecule has 1 N–H and O–H groups in total. The zero-order valence-electron chi connectivity index (χ0n) is 6.15. The Balaban J connectivity index is 2.79. The van der Waals surface area contributed by atoms with Gasteiger partial charge in [0.05, 0.1) is 5.69 Å². The number of carboxylic acid groups (broad SMARTS) is 1. The van der Waals surface area contributed by atoms with Gasteiger partial charge in [0.15, 0.2) is 0 Å². The standard InChI is InChI=1S/C7H9NO3/c1-2-5(7(9)10)6-3-4-11-8-6/h3-5H,2H2,1H3,(H,9,10). The highest BCUT2D eigenvalue weighted by atomic mass is 16.5. The molecule has 0 aromatic carbocycles. The zero-order valence-corrected chi connectivity index (χ0v) is 6.15. The summed E-state index contributed by atoms with van der Waals surface area (Å²) in [5.41, 5.74) is 0.486. The lowest BCUT2D eigenvalue weighted by atomic mass is 10.0.